The molecule has 2 nitrogen and oxygen atoms in total. The van der Waals surface area contributed by atoms with Crippen LogP contribution in [0.25, 0.3) is 0 Å². The first-order valence-corrected chi connectivity index (χ1v) is 8.02. The molecule has 1 N–H and O–H groups in total. The van der Waals surface area contributed by atoms with Crippen LogP contribution in [0.2, 0.25) is 0 Å². The molecule has 0 fully saturated rings. The third kappa shape index (κ3) is 4.43. The molecule has 0 saturated heterocycles. The minimum atomic E-state index is -0.182. The monoisotopic (exact) mass is 345 g/mol. The van der Waals surface area contributed by atoms with E-state index in [-0.39, 0.29) is 11.8 Å². The molecule has 0 aliphatic heterocycles. The van der Waals surface area contributed by atoms with Crippen molar-refractivity contribution < 1.29 is 4.79 Å². The third-order valence-electron chi connectivity index (χ3n) is 3.38. The van der Waals surface area contributed by atoms with Crippen LogP contribution in [0.4, 0.5) is 5.69 Å². The molecule has 1 unspecified atom stereocenters. The van der Waals surface area contributed by atoms with Crippen molar-refractivity contribution in [2.75, 3.05) is 5.32 Å². The Morgan fingerprint density at radius 3 is 2.52 bits per heavy atom. The van der Waals surface area contributed by atoms with Crippen LogP contribution < -0.4 is 5.32 Å². The number of anilines is 1. The standard InChI is InChI=1S/C18H20BrNO/c1-3-5-17(20-16-10-8-15(19)9-11-16)18(21)14-7-4-6-13(2)12-14/h4,6-12,17,20H,3,5H2,1-2H3. The summed E-state index contributed by atoms with van der Waals surface area (Å²) in [6.07, 6.45) is 1.79. The van der Waals surface area contributed by atoms with E-state index >= 15 is 0 Å². The van der Waals surface area contributed by atoms with Crippen LogP contribution in [0.3, 0.4) is 0 Å². The molecular formula is C18H20BrNO. The zero-order chi connectivity index (χ0) is 15.2. The first kappa shape index (κ1) is 15.8. The molecule has 0 radical (unpaired) electrons. The summed E-state index contributed by atoms with van der Waals surface area (Å²) >= 11 is 3.42. The third-order valence-corrected chi connectivity index (χ3v) is 3.91. The average Bonchev–Trinajstić information content (AvgIpc) is 2.48. The average molecular weight is 346 g/mol. The van der Waals surface area contributed by atoms with E-state index in [1.807, 2.05) is 55.5 Å². The molecule has 0 amide bonds. The van der Waals surface area contributed by atoms with Crippen LogP contribution in [0.5, 0.6) is 0 Å². The Hall–Kier alpha value is -1.61. The Balaban J connectivity index is 2.18. The van der Waals surface area contributed by atoms with E-state index in [1.54, 1.807) is 0 Å². The first-order chi connectivity index (χ1) is 10.1. The maximum absolute atomic E-state index is 12.7. The zero-order valence-electron chi connectivity index (χ0n) is 12.4. The summed E-state index contributed by atoms with van der Waals surface area (Å²) in [7, 11) is 0. The van der Waals surface area contributed by atoms with E-state index in [0.29, 0.717) is 0 Å². The van der Waals surface area contributed by atoms with Gasteiger partial charge in [0.15, 0.2) is 5.78 Å². The second-order valence-corrected chi connectivity index (χ2v) is 6.14. The van der Waals surface area contributed by atoms with Gasteiger partial charge in [-0.2, -0.15) is 0 Å². The number of benzene rings is 2. The summed E-state index contributed by atoms with van der Waals surface area (Å²) in [5.74, 6) is 0.156. The SMILES string of the molecule is CCCC(Nc1ccc(Br)cc1)C(=O)c1cccc(C)c1. The molecule has 110 valence electrons. The van der Waals surface area contributed by atoms with Crippen LogP contribution in [0.1, 0.15) is 35.7 Å². The maximum atomic E-state index is 12.7. The van der Waals surface area contributed by atoms with Gasteiger partial charge >= 0.3 is 0 Å². The molecule has 2 aromatic rings. The molecule has 2 rings (SSSR count). The number of rotatable bonds is 6. The fourth-order valence-electron chi connectivity index (χ4n) is 2.30. The number of nitrogens with one attached hydrogen (secondary N) is 1. The normalized spacial score (nSPS) is 12.0. The van der Waals surface area contributed by atoms with Gasteiger partial charge in [-0.3, -0.25) is 4.79 Å². The van der Waals surface area contributed by atoms with E-state index in [0.717, 1.165) is 34.1 Å². The van der Waals surface area contributed by atoms with Gasteiger partial charge in [0.25, 0.3) is 0 Å². The number of carbonyl (C=O) groups excluding carboxylic acids is 1. The van der Waals surface area contributed by atoms with Gasteiger partial charge in [-0.15, -0.1) is 0 Å². The smallest absolute Gasteiger partial charge is 0.184 e. The highest BCUT2D eigenvalue weighted by Crippen LogP contribution is 2.18. The highest BCUT2D eigenvalue weighted by Gasteiger charge is 2.19. The number of hydrogen-bond acceptors (Lipinski definition) is 2. The van der Waals surface area contributed by atoms with E-state index in [2.05, 4.69) is 28.2 Å². The molecule has 0 bridgehead atoms. The molecule has 3 heteroatoms. The van der Waals surface area contributed by atoms with E-state index in [4.69, 9.17) is 0 Å². The van der Waals surface area contributed by atoms with Gasteiger partial charge in [0.2, 0.25) is 0 Å². The number of ketones is 1. The van der Waals surface area contributed by atoms with Crippen LogP contribution in [0.15, 0.2) is 53.0 Å². The molecule has 0 spiro atoms. The van der Waals surface area contributed by atoms with Crippen molar-refractivity contribution in [3.8, 4) is 0 Å². The quantitative estimate of drug-likeness (QED) is 0.727. The number of hydrogen-bond donors (Lipinski definition) is 1. The van der Waals surface area contributed by atoms with Crippen LogP contribution in [-0.4, -0.2) is 11.8 Å². The van der Waals surface area contributed by atoms with Crippen molar-refractivity contribution >= 4 is 27.4 Å². The van der Waals surface area contributed by atoms with Gasteiger partial charge in [0.1, 0.15) is 0 Å². The maximum Gasteiger partial charge on any atom is 0.184 e. The first-order valence-electron chi connectivity index (χ1n) is 7.23. The van der Waals surface area contributed by atoms with Crippen molar-refractivity contribution in [1.29, 1.82) is 0 Å². The molecule has 1 atom stereocenters. The van der Waals surface area contributed by atoms with E-state index in [1.165, 1.54) is 0 Å². The largest absolute Gasteiger partial charge is 0.375 e. The topological polar surface area (TPSA) is 29.1 Å². The van der Waals surface area contributed by atoms with Gasteiger partial charge in [-0.1, -0.05) is 53.0 Å². The van der Waals surface area contributed by atoms with Gasteiger partial charge < -0.3 is 5.32 Å². The Kier molecular flexibility index (Phi) is 5.57. The second kappa shape index (κ2) is 7.41. The van der Waals surface area contributed by atoms with Crippen LogP contribution in [0, 0.1) is 6.92 Å². The summed E-state index contributed by atoms with van der Waals surface area (Å²) < 4.78 is 1.03. The predicted molar refractivity (Wildman–Crippen MR) is 92.0 cm³/mol. The Morgan fingerprint density at radius 2 is 1.90 bits per heavy atom. The molecule has 21 heavy (non-hydrogen) atoms. The van der Waals surface area contributed by atoms with Crippen LogP contribution in [-0.2, 0) is 0 Å². The fourth-order valence-corrected chi connectivity index (χ4v) is 2.57. The predicted octanol–water partition coefficient (Wildman–Crippen LogP) is 5.22. The molecule has 0 aliphatic rings. The Morgan fingerprint density at radius 1 is 1.19 bits per heavy atom. The molecule has 0 aliphatic carbocycles. The second-order valence-electron chi connectivity index (χ2n) is 5.23. The van der Waals surface area contributed by atoms with Crippen molar-refractivity contribution in [2.24, 2.45) is 0 Å². The lowest BCUT2D eigenvalue weighted by Crippen LogP contribution is -2.29. The van der Waals surface area contributed by atoms with Crippen molar-refractivity contribution in [2.45, 2.75) is 32.7 Å². The minimum Gasteiger partial charge on any atom is -0.375 e. The van der Waals surface area contributed by atoms with Crippen molar-refractivity contribution in [3.63, 3.8) is 0 Å². The summed E-state index contributed by atoms with van der Waals surface area (Å²) in [5.41, 5.74) is 2.86. The van der Waals surface area contributed by atoms with Crippen molar-refractivity contribution in [1.82, 2.24) is 0 Å². The Labute approximate surface area is 134 Å². The summed E-state index contributed by atoms with van der Waals surface area (Å²) in [4.78, 5) is 12.7. The van der Waals surface area contributed by atoms with E-state index in [9.17, 15) is 4.79 Å². The van der Waals surface area contributed by atoms with Crippen molar-refractivity contribution in [3.05, 3.63) is 64.1 Å². The minimum absolute atomic E-state index is 0.156. The number of carbonyl (C=O) groups is 1. The lowest BCUT2D eigenvalue weighted by atomic mass is 9.99. The molecule has 0 saturated carbocycles. The fraction of sp³-hybridized carbons (Fsp3) is 0.278. The molecule has 0 heterocycles. The summed E-state index contributed by atoms with van der Waals surface area (Å²) in [6.45, 7) is 4.10. The highest BCUT2D eigenvalue weighted by atomic mass is 79.9. The molecular weight excluding hydrogens is 326 g/mol. The van der Waals surface area contributed by atoms with Gasteiger partial charge in [0.05, 0.1) is 6.04 Å². The van der Waals surface area contributed by atoms with Gasteiger partial charge in [-0.25, -0.2) is 0 Å². The zero-order valence-corrected chi connectivity index (χ0v) is 14.0. The van der Waals surface area contributed by atoms with Gasteiger partial charge in [-0.05, 0) is 43.7 Å². The number of Topliss-reactive ketones (excluding diaryl/α,β-unsaturated/α-hetero) is 1. The molecule has 2 aromatic carbocycles. The highest BCUT2D eigenvalue weighted by molar-refractivity contribution is 9.10. The summed E-state index contributed by atoms with van der Waals surface area (Å²) in [6, 6.07) is 15.5. The molecule has 0 aromatic heterocycles. The number of aryl methyl sites for hydroxylation is 1. The summed E-state index contributed by atoms with van der Waals surface area (Å²) in [5, 5.41) is 3.35. The van der Waals surface area contributed by atoms with E-state index < -0.39 is 0 Å². The lowest BCUT2D eigenvalue weighted by molar-refractivity contribution is 0.0965. The lowest BCUT2D eigenvalue weighted by Gasteiger charge is -2.18. The Bertz CT molecular complexity index is 607. The van der Waals surface area contributed by atoms with Crippen LogP contribution >= 0.6 is 15.9 Å². The number of halogens is 1. The van der Waals surface area contributed by atoms with Gasteiger partial charge in [0, 0.05) is 15.7 Å².